The summed E-state index contributed by atoms with van der Waals surface area (Å²) in [6.45, 7) is 5.17. The smallest absolute Gasteiger partial charge is 0.0613 e. The molecular formula is C10H22N2O. The summed E-state index contributed by atoms with van der Waals surface area (Å²) in [4.78, 5) is 2.44. The van der Waals surface area contributed by atoms with Gasteiger partial charge in [0.2, 0.25) is 0 Å². The Balaban J connectivity index is 1.92. The first kappa shape index (κ1) is 11.0. The molecule has 78 valence electrons. The third-order valence-electron chi connectivity index (χ3n) is 2.54. The maximum Gasteiger partial charge on any atom is 0.0613 e. The van der Waals surface area contributed by atoms with Crippen LogP contribution in [-0.4, -0.2) is 50.8 Å². The molecule has 0 radical (unpaired) electrons. The minimum Gasteiger partial charge on any atom is -0.383 e. The molecule has 0 heterocycles. The summed E-state index contributed by atoms with van der Waals surface area (Å²) in [5.74, 6) is 0. The van der Waals surface area contributed by atoms with E-state index in [0.717, 1.165) is 25.7 Å². The summed E-state index contributed by atoms with van der Waals surface area (Å²) in [5.41, 5.74) is 0. The fourth-order valence-electron chi connectivity index (χ4n) is 1.49. The second-order valence-electron chi connectivity index (χ2n) is 4.02. The van der Waals surface area contributed by atoms with E-state index in [2.05, 4.69) is 24.2 Å². The molecule has 0 aromatic heterocycles. The van der Waals surface area contributed by atoms with Crippen molar-refractivity contribution in [1.82, 2.24) is 10.2 Å². The van der Waals surface area contributed by atoms with Crippen molar-refractivity contribution in [2.45, 2.75) is 31.8 Å². The molecule has 0 aromatic carbocycles. The van der Waals surface area contributed by atoms with Crippen LogP contribution < -0.4 is 5.32 Å². The van der Waals surface area contributed by atoms with Gasteiger partial charge in [-0.3, -0.25) is 0 Å². The van der Waals surface area contributed by atoms with Gasteiger partial charge in [0.15, 0.2) is 0 Å². The molecule has 0 amide bonds. The second kappa shape index (κ2) is 5.58. The molecule has 1 aliphatic rings. The fraction of sp³-hybridized carbons (Fsp3) is 1.00. The van der Waals surface area contributed by atoms with Crippen molar-refractivity contribution in [3.63, 3.8) is 0 Å². The van der Waals surface area contributed by atoms with E-state index in [9.17, 15) is 0 Å². The molecule has 0 aliphatic heterocycles. The van der Waals surface area contributed by atoms with E-state index >= 15 is 0 Å². The number of hydrogen-bond donors (Lipinski definition) is 1. The maximum atomic E-state index is 5.04. The average Bonchev–Trinajstić information content (AvgIpc) is 2.86. The normalized spacial score (nSPS) is 19.4. The van der Waals surface area contributed by atoms with Crippen molar-refractivity contribution in [3.05, 3.63) is 0 Å². The van der Waals surface area contributed by atoms with Gasteiger partial charge >= 0.3 is 0 Å². The molecule has 3 heteroatoms. The van der Waals surface area contributed by atoms with Crippen LogP contribution >= 0.6 is 0 Å². The second-order valence-corrected chi connectivity index (χ2v) is 4.02. The van der Waals surface area contributed by atoms with Gasteiger partial charge in [0, 0.05) is 32.3 Å². The number of ether oxygens (including phenoxy) is 1. The van der Waals surface area contributed by atoms with Gasteiger partial charge in [-0.25, -0.2) is 0 Å². The van der Waals surface area contributed by atoms with Gasteiger partial charge in [-0.05, 0) is 26.8 Å². The lowest BCUT2D eigenvalue weighted by atomic mass is 10.3. The molecule has 1 saturated carbocycles. The average molecular weight is 186 g/mol. The van der Waals surface area contributed by atoms with Gasteiger partial charge in [0.05, 0.1) is 6.61 Å². The first-order valence-corrected chi connectivity index (χ1v) is 5.16. The predicted molar refractivity (Wildman–Crippen MR) is 55.0 cm³/mol. The molecule has 0 spiro atoms. The molecule has 0 bridgehead atoms. The Labute approximate surface area is 81.4 Å². The number of methoxy groups -OCH3 is 1. The zero-order valence-electron chi connectivity index (χ0n) is 9.05. The molecule has 1 fully saturated rings. The maximum absolute atomic E-state index is 5.04. The molecule has 0 aromatic rings. The van der Waals surface area contributed by atoms with Gasteiger partial charge in [0.25, 0.3) is 0 Å². The molecule has 0 saturated heterocycles. The van der Waals surface area contributed by atoms with Crippen molar-refractivity contribution in [2.75, 3.05) is 33.9 Å². The van der Waals surface area contributed by atoms with Gasteiger partial charge in [-0.1, -0.05) is 0 Å². The first-order valence-electron chi connectivity index (χ1n) is 5.16. The zero-order valence-corrected chi connectivity index (χ0v) is 9.05. The lowest BCUT2D eigenvalue weighted by Gasteiger charge is -2.18. The molecule has 1 N–H and O–H groups in total. The van der Waals surface area contributed by atoms with E-state index in [4.69, 9.17) is 4.74 Å². The van der Waals surface area contributed by atoms with Gasteiger partial charge in [-0.2, -0.15) is 0 Å². The van der Waals surface area contributed by atoms with Gasteiger partial charge in [-0.15, -0.1) is 0 Å². The topological polar surface area (TPSA) is 24.5 Å². The van der Waals surface area contributed by atoms with Crippen LogP contribution in [0.2, 0.25) is 0 Å². The molecule has 1 rings (SSSR count). The number of rotatable bonds is 7. The molecule has 3 nitrogen and oxygen atoms in total. The third kappa shape index (κ3) is 4.60. The monoisotopic (exact) mass is 186 g/mol. The fourth-order valence-corrected chi connectivity index (χ4v) is 1.49. The van der Waals surface area contributed by atoms with Crippen molar-refractivity contribution >= 4 is 0 Å². The summed E-state index contributed by atoms with van der Waals surface area (Å²) < 4.78 is 5.04. The Hall–Kier alpha value is -0.120. The van der Waals surface area contributed by atoms with Crippen LogP contribution in [0.1, 0.15) is 19.8 Å². The SMILES string of the molecule is COCC(C)NCCN(C)C1CC1. The van der Waals surface area contributed by atoms with Crippen LogP contribution in [-0.2, 0) is 4.74 Å². The van der Waals surface area contributed by atoms with Crippen molar-refractivity contribution < 1.29 is 4.74 Å². The number of likely N-dealkylation sites (N-methyl/N-ethyl adjacent to an activating group) is 1. The minimum absolute atomic E-state index is 0.470. The van der Waals surface area contributed by atoms with Crippen molar-refractivity contribution in [2.24, 2.45) is 0 Å². The van der Waals surface area contributed by atoms with Crippen LogP contribution in [0.3, 0.4) is 0 Å². The number of nitrogens with zero attached hydrogens (tertiary/aromatic N) is 1. The molecule has 13 heavy (non-hydrogen) atoms. The Morgan fingerprint density at radius 1 is 1.54 bits per heavy atom. The molecule has 1 aliphatic carbocycles. The minimum atomic E-state index is 0.470. The highest BCUT2D eigenvalue weighted by atomic mass is 16.5. The Bertz CT molecular complexity index is 137. The quantitative estimate of drug-likeness (QED) is 0.633. The predicted octanol–water partition coefficient (Wildman–Crippen LogP) is 0.705. The summed E-state index contributed by atoms with van der Waals surface area (Å²) in [6.07, 6.45) is 2.79. The summed E-state index contributed by atoms with van der Waals surface area (Å²) in [7, 11) is 3.95. The number of hydrogen-bond acceptors (Lipinski definition) is 3. The molecular weight excluding hydrogens is 164 g/mol. The van der Waals surface area contributed by atoms with E-state index in [-0.39, 0.29) is 0 Å². The van der Waals surface area contributed by atoms with E-state index in [1.165, 1.54) is 12.8 Å². The standard InChI is InChI=1S/C10H22N2O/c1-9(8-13-3)11-6-7-12(2)10-4-5-10/h9-11H,4-8H2,1-3H3. The van der Waals surface area contributed by atoms with Crippen LogP contribution in [0.15, 0.2) is 0 Å². The van der Waals surface area contributed by atoms with Crippen molar-refractivity contribution in [1.29, 1.82) is 0 Å². The molecule has 1 unspecified atom stereocenters. The summed E-state index contributed by atoms with van der Waals surface area (Å²) >= 11 is 0. The highest BCUT2D eigenvalue weighted by molar-refractivity contribution is 4.82. The zero-order chi connectivity index (χ0) is 9.68. The highest BCUT2D eigenvalue weighted by Gasteiger charge is 2.25. The third-order valence-corrected chi connectivity index (χ3v) is 2.54. The summed E-state index contributed by atoms with van der Waals surface area (Å²) in [5, 5.41) is 3.43. The lowest BCUT2D eigenvalue weighted by Crippen LogP contribution is -2.37. The largest absolute Gasteiger partial charge is 0.383 e. The van der Waals surface area contributed by atoms with E-state index in [0.29, 0.717) is 6.04 Å². The van der Waals surface area contributed by atoms with E-state index < -0.39 is 0 Å². The Kier molecular flexibility index (Phi) is 4.70. The van der Waals surface area contributed by atoms with E-state index in [1.807, 2.05) is 0 Å². The van der Waals surface area contributed by atoms with Crippen LogP contribution in [0.25, 0.3) is 0 Å². The van der Waals surface area contributed by atoms with Crippen molar-refractivity contribution in [3.8, 4) is 0 Å². The highest BCUT2D eigenvalue weighted by Crippen LogP contribution is 2.24. The van der Waals surface area contributed by atoms with Crippen LogP contribution in [0.4, 0.5) is 0 Å². The first-order chi connectivity index (χ1) is 6.24. The van der Waals surface area contributed by atoms with Crippen LogP contribution in [0, 0.1) is 0 Å². The molecule has 1 atom stereocenters. The van der Waals surface area contributed by atoms with Gasteiger partial charge < -0.3 is 15.0 Å². The summed E-state index contributed by atoms with van der Waals surface area (Å²) in [6, 6.07) is 1.34. The Morgan fingerprint density at radius 2 is 2.23 bits per heavy atom. The Morgan fingerprint density at radius 3 is 2.77 bits per heavy atom. The van der Waals surface area contributed by atoms with E-state index in [1.54, 1.807) is 7.11 Å². The lowest BCUT2D eigenvalue weighted by molar-refractivity contribution is 0.170. The van der Waals surface area contributed by atoms with Gasteiger partial charge in [0.1, 0.15) is 0 Å². The van der Waals surface area contributed by atoms with Crippen LogP contribution in [0.5, 0.6) is 0 Å². The number of nitrogens with one attached hydrogen (secondary N) is 1.